The first-order chi connectivity index (χ1) is 15.1. The van der Waals surface area contributed by atoms with Crippen molar-refractivity contribution in [2.45, 2.75) is 37.1 Å². The molecule has 1 saturated carbocycles. The van der Waals surface area contributed by atoms with Crippen LogP contribution >= 0.6 is 11.8 Å². The summed E-state index contributed by atoms with van der Waals surface area (Å²) in [6.07, 6.45) is 4.40. The third kappa shape index (κ3) is 4.79. The van der Waals surface area contributed by atoms with Crippen LogP contribution in [0.5, 0.6) is 5.75 Å². The van der Waals surface area contributed by atoms with Crippen LogP contribution in [0.25, 0.3) is 6.08 Å². The quantitative estimate of drug-likeness (QED) is 0.717. The maximum atomic E-state index is 13.1. The Bertz CT molecular complexity index is 976. The third-order valence-corrected chi connectivity index (χ3v) is 7.57. The number of amides is 2. The van der Waals surface area contributed by atoms with Crippen molar-refractivity contribution in [3.8, 4) is 5.75 Å². The van der Waals surface area contributed by atoms with Crippen molar-refractivity contribution >= 4 is 29.7 Å². The summed E-state index contributed by atoms with van der Waals surface area (Å²) in [5.74, 6) is 0.804. The summed E-state index contributed by atoms with van der Waals surface area (Å²) in [6.45, 7) is 0.541. The molecule has 0 bridgehead atoms. The van der Waals surface area contributed by atoms with E-state index >= 15 is 0 Å². The Kier molecular flexibility index (Phi) is 6.66. The van der Waals surface area contributed by atoms with Crippen molar-refractivity contribution in [1.29, 1.82) is 0 Å². The van der Waals surface area contributed by atoms with Gasteiger partial charge in [0.2, 0.25) is 5.91 Å². The second kappa shape index (κ2) is 9.60. The lowest BCUT2D eigenvalue weighted by molar-refractivity contribution is -0.132. The van der Waals surface area contributed by atoms with E-state index in [-0.39, 0.29) is 23.8 Å². The van der Waals surface area contributed by atoms with Gasteiger partial charge in [0.25, 0.3) is 5.91 Å². The van der Waals surface area contributed by atoms with Gasteiger partial charge in [-0.05, 0) is 37.0 Å². The summed E-state index contributed by atoms with van der Waals surface area (Å²) in [4.78, 5) is 28.4. The smallest absolute Gasteiger partial charge is 0.260 e. The van der Waals surface area contributed by atoms with Crippen LogP contribution < -0.4 is 10.1 Å². The van der Waals surface area contributed by atoms with E-state index in [9.17, 15) is 9.59 Å². The molecule has 5 nitrogen and oxygen atoms in total. The van der Waals surface area contributed by atoms with Crippen LogP contribution in [0.4, 0.5) is 0 Å². The molecule has 6 heteroatoms. The predicted molar refractivity (Wildman–Crippen MR) is 125 cm³/mol. The van der Waals surface area contributed by atoms with Gasteiger partial charge in [-0.25, -0.2) is 0 Å². The molecule has 1 aliphatic carbocycles. The number of ether oxygens (including phenoxy) is 1. The Balaban J connectivity index is 1.42. The number of benzene rings is 2. The molecular formula is C25H28N2O3S. The van der Waals surface area contributed by atoms with Crippen LogP contribution in [0, 0.1) is 5.92 Å². The van der Waals surface area contributed by atoms with Crippen LogP contribution in [0.2, 0.25) is 0 Å². The van der Waals surface area contributed by atoms with Crippen LogP contribution in [-0.2, 0) is 16.1 Å². The van der Waals surface area contributed by atoms with Gasteiger partial charge in [-0.1, -0.05) is 48.5 Å². The summed E-state index contributed by atoms with van der Waals surface area (Å²) in [6, 6.07) is 17.7. The maximum Gasteiger partial charge on any atom is 0.260 e. The molecule has 1 heterocycles. The lowest BCUT2D eigenvalue weighted by atomic mass is 9.83. The molecule has 0 aromatic heterocycles. The van der Waals surface area contributed by atoms with Crippen molar-refractivity contribution < 1.29 is 14.3 Å². The minimum absolute atomic E-state index is 0.0162. The summed E-state index contributed by atoms with van der Waals surface area (Å²) in [5.41, 5.74) is 2.00. The highest BCUT2D eigenvalue weighted by atomic mass is 32.2. The van der Waals surface area contributed by atoms with Gasteiger partial charge < -0.3 is 15.0 Å². The summed E-state index contributed by atoms with van der Waals surface area (Å²) < 4.78 is 5.43. The minimum Gasteiger partial charge on any atom is -0.496 e. The van der Waals surface area contributed by atoms with Crippen molar-refractivity contribution in [3.05, 3.63) is 70.6 Å². The van der Waals surface area contributed by atoms with Crippen molar-refractivity contribution in [3.63, 3.8) is 0 Å². The van der Waals surface area contributed by atoms with E-state index in [0.29, 0.717) is 18.2 Å². The second-order valence-electron chi connectivity index (χ2n) is 8.10. The van der Waals surface area contributed by atoms with Gasteiger partial charge in [0.15, 0.2) is 0 Å². The number of likely N-dealkylation sites (N-methyl/N-ethyl adjacent to an activating group) is 1. The van der Waals surface area contributed by atoms with Crippen molar-refractivity contribution in [2.24, 2.45) is 5.92 Å². The topological polar surface area (TPSA) is 58.6 Å². The maximum absolute atomic E-state index is 13.1. The first-order valence-corrected chi connectivity index (χ1v) is 11.5. The summed E-state index contributed by atoms with van der Waals surface area (Å²) in [5, 5.41) is 3.38. The van der Waals surface area contributed by atoms with Gasteiger partial charge in [0.05, 0.1) is 12.0 Å². The SMILES string of the molecule is COc1ccccc1/C=C1/SC2CCC(C(=O)NCc3ccccc3)CC2N(C)C1=O. The van der Waals surface area contributed by atoms with Gasteiger partial charge >= 0.3 is 0 Å². The molecule has 2 amide bonds. The molecule has 162 valence electrons. The second-order valence-corrected chi connectivity index (χ2v) is 9.38. The zero-order valence-corrected chi connectivity index (χ0v) is 18.7. The van der Waals surface area contributed by atoms with Gasteiger partial charge in [-0.3, -0.25) is 9.59 Å². The standard InChI is InChI=1S/C25H28N2O3S/c1-27-20-14-19(24(28)26-16-17-8-4-3-5-9-17)12-13-22(20)31-23(25(27)29)15-18-10-6-7-11-21(18)30-2/h3-11,15,19-20,22H,12-14,16H2,1-2H3,(H,26,28)/b23-15+. The summed E-state index contributed by atoms with van der Waals surface area (Å²) >= 11 is 1.65. The van der Waals surface area contributed by atoms with E-state index in [1.165, 1.54) is 0 Å². The number of nitrogens with one attached hydrogen (secondary N) is 1. The number of thioether (sulfide) groups is 1. The average Bonchev–Trinajstić information content (AvgIpc) is 2.81. The molecule has 0 spiro atoms. The summed E-state index contributed by atoms with van der Waals surface area (Å²) in [7, 11) is 3.50. The fraction of sp³-hybridized carbons (Fsp3) is 0.360. The first kappa shape index (κ1) is 21.5. The molecule has 1 N–H and O–H groups in total. The Hall–Kier alpha value is -2.73. The molecule has 2 aromatic carbocycles. The number of carbonyl (C=O) groups excluding carboxylic acids is 2. The van der Waals surface area contributed by atoms with Crippen LogP contribution in [0.1, 0.15) is 30.4 Å². The number of nitrogens with zero attached hydrogens (tertiary/aromatic N) is 1. The van der Waals surface area contributed by atoms with Crippen molar-refractivity contribution in [2.75, 3.05) is 14.2 Å². The number of rotatable bonds is 5. The Morgan fingerprint density at radius 1 is 1.16 bits per heavy atom. The number of fused-ring (bicyclic) bond motifs is 1. The average molecular weight is 437 g/mol. The van der Waals surface area contributed by atoms with Gasteiger partial charge in [-0.15, -0.1) is 11.8 Å². The number of hydrogen-bond donors (Lipinski definition) is 1. The molecule has 31 heavy (non-hydrogen) atoms. The molecule has 4 rings (SSSR count). The Morgan fingerprint density at radius 3 is 2.68 bits per heavy atom. The minimum atomic E-state index is -0.0550. The third-order valence-electron chi connectivity index (χ3n) is 6.17. The lowest BCUT2D eigenvalue weighted by Gasteiger charge is -2.44. The van der Waals surface area contributed by atoms with E-state index < -0.39 is 0 Å². The molecular weight excluding hydrogens is 408 g/mol. The van der Waals surface area contributed by atoms with Crippen LogP contribution in [0.15, 0.2) is 59.5 Å². The van der Waals surface area contributed by atoms with Gasteiger partial charge in [-0.2, -0.15) is 0 Å². The zero-order chi connectivity index (χ0) is 21.8. The van der Waals surface area contributed by atoms with Crippen LogP contribution in [0.3, 0.4) is 0 Å². The number of hydrogen-bond acceptors (Lipinski definition) is 4. The monoisotopic (exact) mass is 436 g/mol. The van der Waals surface area contributed by atoms with E-state index in [2.05, 4.69) is 5.32 Å². The molecule has 0 radical (unpaired) electrons. The van der Waals surface area contributed by atoms with E-state index in [1.54, 1.807) is 18.9 Å². The normalized spacial score (nSPS) is 24.6. The highest BCUT2D eigenvalue weighted by Crippen LogP contribution is 2.43. The highest BCUT2D eigenvalue weighted by Gasteiger charge is 2.42. The lowest BCUT2D eigenvalue weighted by Crippen LogP contribution is -2.52. The van der Waals surface area contributed by atoms with E-state index in [0.717, 1.165) is 34.6 Å². The first-order valence-electron chi connectivity index (χ1n) is 10.7. The molecule has 3 atom stereocenters. The largest absolute Gasteiger partial charge is 0.496 e. The number of para-hydroxylation sites is 1. The predicted octanol–water partition coefficient (Wildman–Crippen LogP) is 4.10. The molecule has 1 aliphatic heterocycles. The molecule has 3 unspecified atom stereocenters. The van der Waals surface area contributed by atoms with Gasteiger partial charge in [0, 0.05) is 36.4 Å². The van der Waals surface area contributed by atoms with Crippen molar-refractivity contribution in [1.82, 2.24) is 10.2 Å². The number of carbonyl (C=O) groups is 2. The highest BCUT2D eigenvalue weighted by molar-refractivity contribution is 8.04. The molecule has 1 saturated heterocycles. The number of methoxy groups -OCH3 is 1. The van der Waals surface area contributed by atoms with Gasteiger partial charge in [0.1, 0.15) is 5.75 Å². The molecule has 2 aliphatic rings. The zero-order valence-electron chi connectivity index (χ0n) is 17.9. The molecule has 2 aromatic rings. The fourth-order valence-electron chi connectivity index (χ4n) is 4.39. The Morgan fingerprint density at radius 2 is 1.90 bits per heavy atom. The molecule has 2 fully saturated rings. The van der Waals surface area contributed by atoms with E-state index in [1.807, 2.05) is 72.6 Å². The van der Waals surface area contributed by atoms with E-state index in [4.69, 9.17) is 4.74 Å². The fourth-order valence-corrected chi connectivity index (χ4v) is 5.86. The van der Waals surface area contributed by atoms with Crippen LogP contribution in [-0.4, -0.2) is 42.2 Å². The Labute approximate surface area is 187 Å².